The van der Waals surface area contributed by atoms with Crippen LogP contribution in [0.25, 0.3) is 5.69 Å². The number of nitrogens with two attached hydrogens (primary N) is 1. The molecule has 4 N–H and O–H groups in total. The molecule has 1 aliphatic heterocycles. The van der Waals surface area contributed by atoms with Crippen LogP contribution in [0.4, 0.5) is 14.9 Å². The van der Waals surface area contributed by atoms with Crippen LogP contribution in [-0.2, 0) is 6.54 Å². The molecule has 2 aromatic carbocycles. The first-order chi connectivity index (χ1) is 20.6. The molecule has 1 saturated heterocycles. The van der Waals surface area contributed by atoms with Crippen molar-refractivity contribution in [3.63, 3.8) is 0 Å². The summed E-state index contributed by atoms with van der Waals surface area (Å²) in [6.07, 6.45) is 2.03. The number of hydrogen-bond acceptors (Lipinski definition) is 7. The van der Waals surface area contributed by atoms with Gasteiger partial charge in [-0.2, -0.15) is 0 Å². The molecule has 13 heteroatoms. The van der Waals surface area contributed by atoms with Gasteiger partial charge >= 0.3 is 6.03 Å². The zero-order valence-corrected chi connectivity index (χ0v) is 24.8. The number of anilines is 1. The fourth-order valence-electron chi connectivity index (χ4n) is 4.72. The summed E-state index contributed by atoms with van der Waals surface area (Å²) in [6, 6.07) is 12.5. The van der Waals surface area contributed by atoms with Crippen LogP contribution in [0, 0.1) is 12.7 Å². The van der Waals surface area contributed by atoms with Gasteiger partial charge in [0.1, 0.15) is 11.4 Å². The van der Waals surface area contributed by atoms with Gasteiger partial charge in [0.25, 0.3) is 11.5 Å². The predicted molar refractivity (Wildman–Crippen MR) is 163 cm³/mol. The molecule has 0 unspecified atom stereocenters. The van der Waals surface area contributed by atoms with Crippen LogP contribution >= 0.6 is 0 Å². The third-order valence-corrected chi connectivity index (χ3v) is 7.02. The van der Waals surface area contributed by atoms with E-state index in [1.54, 1.807) is 28.6 Å². The van der Waals surface area contributed by atoms with Gasteiger partial charge in [-0.15, -0.1) is 0 Å². The summed E-state index contributed by atoms with van der Waals surface area (Å²) in [7, 11) is 3.47. The number of halogens is 1. The highest BCUT2D eigenvalue weighted by Gasteiger charge is 2.24. The molecule has 0 atom stereocenters. The third-order valence-electron chi connectivity index (χ3n) is 7.02. The average Bonchev–Trinajstić information content (AvgIpc) is 3.23. The van der Waals surface area contributed by atoms with Gasteiger partial charge in [-0.25, -0.2) is 13.9 Å². The van der Waals surface area contributed by atoms with Gasteiger partial charge in [0.05, 0.1) is 11.4 Å². The molecule has 12 nitrogen and oxygen atoms in total. The van der Waals surface area contributed by atoms with Crippen LogP contribution in [0.5, 0.6) is 5.75 Å². The Hall–Kier alpha value is -4.91. The number of piperazine rings is 1. The van der Waals surface area contributed by atoms with Crippen molar-refractivity contribution in [1.82, 2.24) is 24.5 Å². The van der Waals surface area contributed by atoms with Gasteiger partial charge in [-0.05, 0) is 44.7 Å². The number of nitrogens with one attached hydrogen (secondary N) is 2. The SMILES string of the molecule is CCCn1c(C)c(C(=O)Nc2ccc(OC(N)=CC(=NC)NC(=O)N3CCN(C)CC3)c(F)c2)c(=O)n1-c1ccccc1. The number of likely N-dealkylation sites (N-methyl/N-ethyl adjacent to an activating group) is 1. The molecule has 2 heterocycles. The lowest BCUT2D eigenvalue weighted by Gasteiger charge is -2.32. The minimum absolute atomic E-state index is 0.0322. The van der Waals surface area contributed by atoms with Crippen molar-refractivity contribution >= 4 is 23.5 Å². The van der Waals surface area contributed by atoms with Crippen molar-refractivity contribution < 1.29 is 18.7 Å². The standard InChI is InChI=1S/C30H37FN8O4/c1-5-13-38-20(2)27(29(41)39(38)22-9-7-6-8-10-22)28(40)34-21-11-12-24(23(31)18-21)43-25(32)19-26(33-3)35-30(42)37-16-14-36(4)15-17-37/h6-12,18-19H,5,13-17,32H2,1-4H3,(H,34,40)(H,33,35,42). The molecule has 1 aliphatic rings. The average molecular weight is 593 g/mol. The highest BCUT2D eigenvalue weighted by Crippen LogP contribution is 2.23. The molecular weight excluding hydrogens is 555 g/mol. The number of hydrogen-bond donors (Lipinski definition) is 3. The molecule has 0 bridgehead atoms. The first kappa shape index (κ1) is 31.0. The summed E-state index contributed by atoms with van der Waals surface area (Å²) < 4.78 is 23.7. The fraction of sp³-hybridized carbons (Fsp3) is 0.333. The molecule has 1 fully saturated rings. The van der Waals surface area contributed by atoms with Crippen LogP contribution in [0.3, 0.4) is 0 Å². The van der Waals surface area contributed by atoms with E-state index >= 15 is 0 Å². The second-order valence-corrected chi connectivity index (χ2v) is 10.1. The second-order valence-electron chi connectivity index (χ2n) is 10.1. The van der Waals surface area contributed by atoms with E-state index in [2.05, 4.69) is 20.5 Å². The Morgan fingerprint density at radius 3 is 2.44 bits per heavy atom. The number of aliphatic imine (C=N–C) groups is 1. The summed E-state index contributed by atoms with van der Waals surface area (Å²) in [5, 5.41) is 5.28. The summed E-state index contributed by atoms with van der Waals surface area (Å²) >= 11 is 0. The molecule has 0 spiro atoms. The van der Waals surface area contributed by atoms with Gasteiger partial charge < -0.3 is 25.6 Å². The van der Waals surface area contributed by atoms with E-state index in [9.17, 15) is 18.8 Å². The van der Waals surface area contributed by atoms with Crippen molar-refractivity contribution in [3.05, 3.63) is 87.9 Å². The number of para-hydroxylation sites is 1. The van der Waals surface area contributed by atoms with E-state index in [1.807, 2.05) is 32.2 Å². The number of urea groups is 1. The molecule has 0 radical (unpaired) electrons. The van der Waals surface area contributed by atoms with Crippen molar-refractivity contribution in [1.29, 1.82) is 0 Å². The largest absolute Gasteiger partial charge is 0.438 e. The number of carbonyl (C=O) groups excluding carboxylic acids is 2. The number of nitrogens with zero attached hydrogens (tertiary/aromatic N) is 5. The Balaban J connectivity index is 1.46. The third kappa shape index (κ3) is 7.30. The van der Waals surface area contributed by atoms with Gasteiger partial charge in [0.15, 0.2) is 17.4 Å². The molecule has 1 aromatic heterocycles. The first-order valence-corrected chi connectivity index (χ1v) is 14.0. The topological polar surface area (TPSA) is 139 Å². The Morgan fingerprint density at radius 1 is 1.12 bits per heavy atom. The molecule has 3 aromatic rings. The second kappa shape index (κ2) is 13.8. The number of carbonyl (C=O) groups is 2. The Kier molecular flexibility index (Phi) is 9.99. The number of amidine groups is 1. The number of ether oxygens (including phenoxy) is 1. The van der Waals surface area contributed by atoms with Gasteiger partial charge in [0, 0.05) is 57.6 Å². The Bertz CT molecular complexity index is 1590. The summed E-state index contributed by atoms with van der Waals surface area (Å²) in [4.78, 5) is 47.0. The van der Waals surface area contributed by atoms with Gasteiger partial charge in [0.2, 0.25) is 0 Å². The van der Waals surface area contributed by atoms with Crippen molar-refractivity contribution in [3.8, 4) is 11.4 Å². The van der Waals surface area contributed by atoms with Crippen molar-refractivity contribution in [2.45, 2.75) is 26.8 Å². The van der Waals surface area contributed by atoms with E-state index < -0.39 is 17.3 Å². The van der Waals surface area contributed by atoms with Crippen LogP contribution < -0.4 is 26.7 Å². The van der Waals surface area contributed by atoms with Crippen LogP contribution in [-0.4, -0.2) is 77.2 Å². The van der Waals surface area contributed by atoms with Crippen molar-refractivity contribution in [2.24, 2.45) is 10.7 Å². The maximum atomic E-state index is 15.0. The number of amides is 3. The normalized spacial score (nSPS) is 14.5. The maximum Gasteiger partial charge on any atom is 0.323 e. The number of aromatic nitrogens is 2. The zero-order chi connectivity index (χ0) is 31.1. The lowest BCUT2D eigenvalue weighted by molar-refractivity contribution is 0.102. The number of benzene rings is 2. The van der Waals surface area contributed by atoms with Crippen LogP contribution in [0.2, 0.25) is 0 Å². The summed E-state index contributed by atoms with van der Waals surface area (Å²) in [5.74, 6) is -1.71. The Labute approximate surface area is 249 Å². The highest BCUT2D eigenvalue weighted by atomic mass is 19.1. The van der Waals surface area contributed by atoms with Gasteiger partial charge in [-0.3, -0.25) is 24.6 Å². The molecule has 43 heavy (non-hydrogen) atoms. The molecule has 3 amide bonds. The monoisotopic (exact) mass is 592 g/mol. The van der Waals surface area contributed by atoms with E-state index in [4.69, 9.17) is 10.5 Å². The smallest absolute Gasteiger partial charge is 0.323 e. The minimum Gasteiger partial charge on any atom is -0.438 e. The lowest BCUT2D eigenvalue weighted by Crippen LogP contribution is -2.51. The summed E-state index contributed by atoms with van der Waals surface area (Å²) in [5.41, 5.74) is 6.71. The quantitative estimate of drug-likeness (QED) is 0.209. The van der Waals surface area contributed by atoms with Crippen LogP contribution in [0.15, 0.2) is 70.3 Å². The lowest BCUT2D eigenvalue weighted by atomic mass is 10.2. The molecule has 0 saturated carbocycles. The number of rotatable bonds is 8. The predicted octanol–water partition coefficient (Wildman–Crippen LogP) is 2.91. The van der Waals surface area contributed by atoms with Gasteiger partial charge in [-0.1, -0.05) is 25.1 Å². The van der Waals surface area contributed by atoms with E-state index in [0.717, 1.165) is 25.6 Å². The van der Waals surface area contributed by atoms with Crippen LogP contribution in [0.1, 0.15) is 29.4 Å². The zero-order valence-electron chi connectivity index (χ0n) is 24.8. The summed E-state index contributed by atoms with van der Waals surface area (Å²) in [6.45, 7) is 6.91. The van der Waals surface area contributed by atoms with Crippen molar-refractivity contribution in [2.75, 3.05) is 45.6 Å². The Morgan fingerprint density at radius 2 is 1.81 bits per heavy atom. The molecule has 0 aliphatic carbocycles. The molecule has 228 valence electrons. The first-order valence-electron chi connectivity index (χ1n) is 14.0. The molecule has 4 rings (SSSR count). The minimum atomic E-state index is -0.799. The van der Waals surface area contributed by atoms with E-state index in [0.29, 0.717) is 31.0 Å². The molecular formula is C30H37FN8O4. The van der Waals surface area contributed by atoms with E-state index in [1.165, 1.54) is 29.9 Å². The van der Waals surface area contributed by atoms with E-state index in [-0.39, 0.29) is 34.8 Å². The maximum absolute atomic E-state index is 15.0. The highest BCUT2D eigenvalue weighted by molar-refractivity contribution is 6.05. The fourth-order valence-corrected chi connectivity index (χ4v) is 4.72.